The van der Waals surface area contributed by atoms with Gasteiger partial charge in [-0.2, -0.15) is 0 Å². The van der Waals surface area contributed by atoms with Crippen molar-refractivity contribution in [2.24, 2.45) is 0 Å². The van der Waals surface area contributed by atoms with E-state index in [1.807, 2.05) is 24.3 Å². The molecule has 1 nitrogen and oxygen atoms in total. The highest BCUT2D eigenvalue weighted by Crippen LogP contribution is 2.47. The number of hydrogen-bond acceptors (Lipinski definition) is 1. The lowest BCUT2D eigenvalue weighted by atomic mass is 9.81. The van der Waals surface area contributed by atoms with Gasteiger partial charge >= 0.3 is 0 Å². The molecule has 0 saturated heterocycles. The summed E-state index contributed by atoms with van der Waals surface area (Å²) in [5.41, 5.74) is 16.7. The molecule has 1 aliphatic rings. The molecule has 0 unspecified atom stereocenters. The molecule has 0 radical (unpaired) electrons. The SMILES string of the molecule is C=C/C=C\C1=C(C)C(C)(C)c2ccc(-c3cccc(-c4ccc(-c5cc(-c6ccccc6)nc(-c6ccccc6)c5)cc4)c3)cc21. The first-order chi connectivity index (χ1) is 22.4. The van der Waals surface area contributed by atoms with Gasteiger partial charge in [-0.15, -0.1) is 0 Å². The van der Waals surface area contributed by atoms with Crippen molar-refractivity contribution in [3.8, 4) is 55.9 Å². The van der Waals surface area contributed by atoms with Crippen LogP contribution in [0.1, 0.15) is 31.9 Å². The summed E-state index contributed by atoms with van der Waals surface area (Å²) in [5.74, 6) is 0. The summed E-state index contributed by atoms with van der Waals surface area (Å²) in [6.45, 7) is 10.8. The van der Waals surface area contributed by atoms with Gasteiger partial charge in [-0.05, 0) is 81.3 Å². The highest BCUT2D eigenvalue weighted by Gasteiger charge is 2.34. The van der Waals surface area contributed by atoms with Crippen LogP contribution in [0, 0.1) is 0 Å². The van der Waals surface area contributed by atoms with Crippen molar-refractivity contribution in [2.75, 3.05) is 0 Å². The van der Waals surface area contributed by atoms with Crippen molar-refractivity contribution in [3.63, 3.8) is 0 Å². The van der Waals surface area contributed by atoms with Crippen LogP contribution in [-0.4, -0.2) is 4.98 Å². The summed E-state index contributed by atoms with van der Waals surface area (Å²) >= 11 is 0. The van der Waals surface area contributed by atoms with Gasteiger partial charge in [0.1, 0.15) is 0 Å². The van der Waals surface area contributed by atoms with Crippen LogP contribution >= 0.6 is 0 Å². The number of allylic oxidation sites excluding steroid dienone is 5. The fourth-order valence-electron chi connectivity index (χ4n) is 6.56. The second kappa shape index (κ2) is 12.1. The van der Waals surface area contributed by atoms with Gasteiger partial charge in [0.25, 0.3) is 0 Å². The number of rotatable bonds is 7. The zero-order valence-electron chi connectivity index (χ0n) is 26.7. The predicted octanol–water partition coefficient (Wildman–Crippen LogP) is 12.2. The average molecular weight is 592 g/mol. The second-order valence-corrected chi connectivity index (χ2v) is 12.5. The minimum Gasteiger partial charge on any atom is -0.248 e. The summed E-state index contributed by atoms with van der Waals surface area (Å²) in [6, 6.07) is 50.0. The first kappa shape index (κ1) is 29.2. The third kappa shape index (κ3) is 5.46. The topological polar surface area (TPSA) is 12.9 Å². The standard InChI is InChI=1S/C45H37N/c1-5-6-20-40-31(2)45(3,4)42-26-25-38(28-41(40)42)37-19-13-18-36(27-37)32-21-23-33(24-22-32)39-29-43(34-14-9-7-10-15-34)46-44(30-39)35-16-11-8-12-17-35/h5-30H,1H2,2-4H3/b20-6-. The Labute approximate surface area is 273 Å². The number of benzene rings is 5. The number of pyridine rings is 1. The molecule has 7 rings (SSSR count). The lowest BCUT2D eigenvalue weighted by Gasteiger charge is -2.22. The Morgan fingerprint density at radius 1 is 0.522 bits per heavy atom. The van der Waals surface area contributed by atoms with E-state index in [0.717, 1.165) is 28.1 Å². The monoisotopic (exact) mass is 591 g/mol. The molecule has 0 amide bonds. The van der Waals surface area contributed by atoms with Crippen molar-refractivity contribution in [3.05, 3.63) is 181 Å². The number of nitrogens with zero attached hydrogens (tertiary/aromatic N) is 1. The van der Waals surface area contributed by atoms with E-state index in [1.165, 1.54) is 50.1 Å². The normalized spacial score (nSPS) is 13.6. The van der Waals surface area contributed by atoms with E-state index < -0.39 is 0 Å². The molecule has 1 aliphatic carbocycles. The van der Waals surface area contributed by atoms with E-state index in [0.29, 0.717) is 0 Å². The second-order valence-electron chi connectivity index (χ2n) is 12.5. The summed E-state index contributed by atoms with van der Waals surface area (Å²) in [5, 5.41) is 0. The lowest BCUT2D eigenvalue weighted by Crippen LogP contribution is -2.15. The predicted molar refractivity (Wildman–Crippen MR) is 196 cm³/mol. The molecule has 222 valence electrons. The van der Waals surface area contributed by atoms with Gasteiger partial charge in [0.15, 0.2) is 0 Å². The van der Waals surface area contributed by atoms with E-state index in [4.69, 9.17) is 4.98 Å². The Hall–Kier alpha value is -5.53. The zero-order valence-corrected chi connectivity index (χ0v) is 26.7. The molecule has 5 aromatic carbocycles. The Balaban J connectivity index is 1.23. The van der Waals surface area contributed by atoms with Crippen LogP contribution in [0.15, 0.2) is 170 Å². The van der Waals surface area contributed by atoms with Crippen LogP contribution < -0.4 is 0 Å². The van der Waals surface area contributed by atoms with E-state index >= 15 is 0 Å². The fraction of sp³-hybridized carbons (Fsp3) is 0.0889. The van der Waals surface area contributed by atoms with Crippen molar-refractivity contribution in [2.45, 2.75) is 26.2 Å². The maximum absolute atomic E-state index is 5.05. The lowest BCUT2D eigenvalue weighted by molar-refractivity contribution is 0.639. The molecule has 46 heavy (non-hydrogen) atoms. The third-order valence-electron chi connectivity index (χ3n) is 9.44. The van der Waals surface area contributed by atoms with E-state index in [-0.39, 0.29) is 5.41 Å². The Bertz CT molecular complexity index is 2050. The molecule has 0 fully saturated rings. The molecular formula is C45H37N. The van der Waals surface area contributed by atoms with Crippen molar-refractivity contribution >= 4 is 5.57 Å². The molecule has 0 atom stereocenters. The smallest absolute Gasteiger partial charge is 0.0715 e. The molecule has 6 aromatic rings. The Morgan fingerprint density at radius 3 is 1.61 bits per heavy atom. The molecule has 0 saturated carbocycles. The number of aromatic nitrogens is 1. The van der Waals surface area contributed by atoms with Crippen LogP contribution in [0.4, 0.5) is 0 Å². The van der Waals surface area contributed by atoms with E-state index in [2.05, 4.69) is 161 Å². The third-order valence-corrected chi connectivity index (χ3v) is 9.44. The van der Waals surface area contributed by atoms with Crippen LogP contribution in [-0.2, 0) is 5.41 Å². The minimum atomic E-state index is 0.0108. The minimum absolute atomic E-state index is 0.0108. The molecule has 0 spiro atoms. The van der Waals surface area contributed by atoms with Crippen molar-refractivity contribution < 1.29 is 0 Å². The Kier molecular flexibility index (Phi) is 7.68. The van der Waals surface area contributed by atoms with E-state index in [1.54, 1.807) is 0 Å². The highest BCUT2D eigenvalue weighted by atomic mass is 14.7. The van der Waals surface area contributed by atoms with E-state index in [9.17, 15) is 0 Å². The first-order valence-corrected chi connectivity index (χ1v) is 15.9. The number of fused-ring (bicyclic) bond motifs is 1. The molecule has 0 bridgehead atoms. The van der Waals surface area contributed by atoms with Crippen LogP contribution in [0.25, 0.3) is 61.5 Å². The molecule has 1 heteroatoms. The van der Waals surface area contributed by atoms with Gasteiger partial charge in [0.05, 0.1) is 11.4 Å². The van der Waals surface area contributed by atoms with Crippen LogP contribution in [0.3, 0.4) is 0 Å². The van der Waals surface area contributed by atoms with Crippen LogP contribution in [0.2, 0.25) is 0 Å². The summed E-state index contributed by atoms with van der Waals surface area (Å²) in [7, 11) is 0. The van der Waals surface area contributed by atoms with Gasteiger partial charge in [0, 0.05) is 16.5 Å². The van der Waals surface area contributed by atoms with Crippen molar-refractivity contribution in [1.82, 2.24) is 4.98 Å². The molecule has 1 heterocycles. The van der Waals surface area contributed by atoms with Gasteiger partial charge in [-0.1, -0.05) is 159 Å². The Morgan fingerprint density at radius 2 is 1.02 bits per heavy atom. The van der Waals surface area contributed by atoms with Gasteiger partial charge in [-0.3, -0.25) is 0 Å². The highest BCUT2D eigenvalue weighted by molar-refractivity contribution is 5.88. The van der Waals surface area contributed by atoms with Gasteiger partial charge in [0.2, 0.25) is 0 Å². The quantitative estimate of drug-likeness (QED) is 0.168. The average Bonchev–Trinajstić information content (AvgIpc) is 3.31. The van der Waals surface area contributed by atoms with Gasteiger partial charge < -0.3 is 0 Å². The fourth-order valence-corrected chi connectivity index (χ4v) is 6.56. The molecule has 0 N–H and O–H groups in total. The zero-order chi connectivity index (χ0) is 31.7. The molecule has 1 aromatic heterocycles. The largest absolute Gasteiger partial charge is 0.248 e. The maximum atomic E-state index is 5.05. The molecule has 0 aliphatic heterocycles. The van der Waals surface area contributed by atoms with Gasteiger partial charge in [-0.25, -0.2) is 4.98 Å². The summed E-state index contributed by atoms with van der Waals surface area (Å²) in [6.07, 6.45) is 6.09. The molecular weight excluding hydrogens is 555 g/mol. The van der Waals surface area contributed by atoms with Crippen LogP contribution in [0.5, 0.6) is 0 Å². The summed E-state index contributed by atoms with van der Waals surface area (Å²) < 4.78 is 0. The first-order valence-electron chi connectivity index (χ1n) is 15.9. The van der Waals surface area contributed by atoms with Crippen molar-refractivity contribution in [1.29, 1.82) is 0 Å². The number of hydrogen-bond donors (Lipinski definition) is 0. The summed E-state index contributed by atoms with van der Waals surface area (Å²) in [4.78, 5) is 5.05. The maximum Gasteiger partial charge on any atom is 0.0715 e.